The van der Waals surface area contributed by atoms with Gasteiger partial charge < -0.3 is 19.7 Å². The van der Waals surface area contributed by atoms with Gasteiger partial charge in [0.2, 0.25) is 5.75 Å². The maximum absolute atomic E-state index is 11.5. The molecular weight excluding hydrogens is 370 g/mol. The molecule has 1 aliphatic heterocycles. The maximum atomic E-state index is 11.5. The summed E-state index contributed by atoms with van der Waals surface area (Å²) < 4.78 is 11.3. The second-order valence-electron chi connectivity index (χ2n) is 6.48. The number of para-hydroxylation sites is 1. The van der Waals surface area contributed by atoms with Gasteiger partial charge in [0.05, 0.1) is 22.7 Å². The second-order valence-corrected chi connectivity index (χ2v) is 6.88. The molecule has 0 saturated carbocycles. The molecule has 2 aromatic rings. The van der Waals surface area contributed by atoms with E-state index in [1.807, 2.05) is 0 Å². The molecule has 0 aromatic heterocycles. The van der Waals surface area contributed by atoms with Crippen LogP contribution in [0.2, 0.25) is 5.02 Å². The van der Waals surface area contributed by atoms with Crippen LogP contribution in [-0.2, 0) is 11.3 Å². The quantitative estimate of drug-likeness (QED) is 0.575. The Morgan fingerprint density at radius 1 is 1.33 bits per heavy atom. The summed E-state index contributed by atoms with van der Waals surface area (Å²) in [6.07, 6.45) is 0.126. The Morgan fingerprint density at radius 3 is 2.89 bits per heavy atom. The minimum atomic E-state index is -0.450. The fourth-order valence-electron chi connectivity index (χ4n) is 2.92. The SMILES string of the molecule is CN1CCOC(CNCc2ccc(Oc3ccccc3Cl)c([N+](=O)[O-])c2)C1. The number of morpholine rings is 1. The van der Waals surface area contributed by atoms with Gasteiger partial charge in [0.15, 0.2) is 0 Å². The summed E-state index contributed by atoms with van der Waals surface area (Å²) in [5.74, 6) is 0.542. The minimum Gasteiger partial charge on any atom is -0.449 e. The van der Waals surface area contributed by atoms with Crippen LogP contribution in [-0.4, -0.2) is 49.2 Å². The van der Waals surface area contributed by atoms with Crippen molar-refractivity contribution in [1.29, 1.82) is 0 Å². The highest BCUT2D eigenvalue weighted by Gasteiger charge is 2.19. The summed E-state index contributed by atoms with van der Waals surface area (Å²) in [5.41, 5.74) is 0.709. The van der Waals surface area contributed by atoms with Crippen LogP contribution < -0.4 is 10.1 Å². The van der Waals surface area contributed by atoms with Crippen molar-refractivity contribution >= 4 is 17.3 Å². The highest BCUT2D eigenvalue weighted by Crippen LogP contribution is 2.35. The first-order chi connectivity index (χ1) is 13.0. The summed E-state index contributed by atoms with van der Waals surface area (Å²) in [5, 5.41) is 15.2. The van der Waals surface area contributed by atoms with E-state index in [9.17, 15) is 10.1 Å². The Labute approximate surface area is 163 Å². The van der Waals surface area contributed by atoms with Gasteiger partial charge in [0.1, 0.15) is 5.75 Å². The first-order valence-corrected chi connectivity index (χ1v) is 9.11. The van der Waals surface area contributed by atoms with Gasteiger partial charge in [0, 0.05) is 32.2 Å². The molecule has 3 rings (SSSR count). The van der Waals surface area contributed by atoms with Crippen LogP contribution >= 0.6 is 11.6 Å². The number of nitro groups is 1. The monoisotopic (exact) mass is 391 g/mol. The molecule has 1 unspecified atom stereocenters. The van der Waals surface area contributed by atoms with E-state index < -0.39 is 4.92 Å². The molecule has 1 aliphatic rings. The molecule has 1 atom stereocenters. The van der Waals surface area contributed by atoms with Crippen molar-refractivity contribution in [3.05, 3.63) is 63.2 Å². The second kappa shape index (κ2) is 9.14. The van der Waals surface area contributed by atoms with Gasteiger partial charge >= 0.3 is 5.69 Å². The van der Waals surface area contributed by atoms with Gasteiger partial charge in [0.25, 0.3) is 0 Å². The summed E-state index contributed by atoms with van der Waals surface area (Å²) in [6.45, 7) is 3.74. The predicted octanol–water partition coefficient (Wildman–Crippen LogP) is 3.46. The fraction of sp³-hybridized carbons (Fsp3) is 0.368. The lowest BCUT2D eigenvalue weighted by Crippen LogP contribution is -2.44. The van der Waals surface area contributed by atoms with E-state index >= 15 is 0 Å². The zero-order valence-electron chi connectivity index (χ0n) is 15.1. The number of likely N-dealkylation sites (N-methyl/N-ethyl adjacent to an activating group) is 1. The third-order valence-corrected chi connectivity index (χ3v) is 4.63. The molecule has 0 spiro atoms. The van der Waals surface area contributed by atoms with Gasteiger partial charge in [-0.1, -0.05) is 29.8 Å². The highest BCUT2D eigenvalue weighted by molar-refractivity contribution is 6.32. The van der Waals surface area contributed by atoms with Crippen molar-refractivity contribution in [2.24, 2.45) is 0 Å². The van der Waals surface area contributed by atoms with Crippen LogP contribution in [0.1, 0.15) is 5.56 Å². The predicted molar refractivity (Wildman–Crippen MR) is 104 cm³/mol. The van der Waals surface area contributed by atoms with E-state index in [4.69, 9.17) is 21.1 Å². The lowest BCUT2D eigenvalue weighted by Gasteiger charge is -2.30. The number of nitro benzene ring substituents is 1. The molecule has 7 nitrogen and oxygen atoms in total. The Hall–Kier alpha value is -2.19. The van der Waals surface area contributed by atoms with Crippen LogP contribution in [0.25, 0.3) is 0 Å². The van der Waals surface area contributed by atoms with Crippen LogP contribution in [0.15, 0.2) is 42.5 Å². The smallest absolute Gasteiger partial charge is 0.311 e. The molecule has 1 heterocycles. The van der Waals surface area contributed by atoms with E-state index in [0.29, 0.717) is 23.9 Å². The number of hydrogen-bond donors (Lipinski definition) is 1. The van der Waals surface area contributed by atoms with Gasteiger partial charge in [-0.25, -0.2) is 0 Å². The molecule has 0 aliphatic carbocycles. The van der Waals surface area contributed by atoms with Gasteiger partial charge in [-0.3, -0.25) is 10.1 Å². The first-order valence-electron chi connectivity index (χ1n) is 8.73. The van der Waals surface area contributed by atoms with E-state index in [-0.39, 0.29) is 17.5 Å². The molecule has 0 amide bonds. The maximum Gasteiger partial charge on any atom is 0.311 e. The van der Waals surface area contributed by atoms with Crippen molar-refractivity contribution < 1.29 is 14.4 Å². The summed E-state index contributed by atoms with van der Waals surface area (Å²) in [4.78, 5) is 13.2. The number of nitrogens with zero attached hydrogens (tertiary/aromatic N) is 2. The van der Waals surface area contributed by atoms with E-state index in [1.54, 1.807) is 36.4 Å². The standard InChI is InChI=1S/C19H22ClN3O4/c1-22-8-9-26-15(13-22)12-21-11-14-6-7-19(17(10-14)23(24)25)27-18-5-3-2-4-16(18)20/h2-7,10,15,21H,8-9,11-13H2,1H3. The number of ether oxygens (including phenoxy) is 2. The first kappa shape index (κ1) is 19.6. The van der Waals surface area contributed by atoms with Crippen molar-refractivity contribution in [2.45, 2.75) is 12.6 Å². The van der Waals surface area contributed by atoms with Gasteiger partial charge in [-0.2, -0.15) is 0 Å². The Bertz CT molecular complexity index is 802. The fourth-order valence-corrected chi connectivity index (χ4v) is 3.09. The van der Waals surface area contributed by atoms with Crippen molar-refractivity contribution in [3.8, 4) is 11.5 Å². The molecular formula is C19H22ClN3O4. The molecule has 8 heteroatoms. The number of nitrogens with one attached hydrogen (secondary N) is 1. The molecule has 0 bridgehead atoms. The molecule has 2 aromatic carbocycles. The topological polar surface area (TPSA) is 76.9 Å². The molecule has 1 fully saturated rings. The lowest BCUT2D eigenvalue weighted by molar-refractivity contribution is -0.385. The lowest BCUT2D eigenvalue weighted by atomic mass is 10.1. The van der Waals surface area contributed by atoms with Crippen LogP contribution in [0.4, 0.5) is 5.69 Å². The van der Waals surface area contributed by atoms with E-state index in [0.717, 1.165) is 25.3 Å². The summed E-state index contributed by atoms with van der Waals surface area (Å²) >= 11 is 6.07. The number of rotatable bonds is 7. The summed E-state index contributed by atoms with van der Waals surface area (Å²) in [6, 6.07) is 11.8. The molecule has 0 radical (unpaired) electrons. The Balaban J connectivity index is 1.64. The number of halogens is 1. The third kappa shape index (κ3) is 5.40. The number of benzene rings is 2. The Kier molecular flexibility index (Phi) is 6.63. The number of hydrogen-bond acceptors (Lipinski definition) is 6. The average Bonchev–Trinajstić information content (AvgIpc) is 2.64. The molecule has 144 valence electrons. The molecule has 1 N–H and O–H groups in total. The van der Waals surface area contributed by atoms with Gasteiger partial charge in [-0.15, -0.1) is 0 Å². The average molecular weight is 392 g/mol. The van der Waals surface area contributed by atoms with Crippen molar-refractivity contribution in [1.82, 2.24) is 10.2 Å². The summed E-state index contributed by atoms with van der Waals surface area (Å²) in [7, 11) is 2.07. The highest BCUT2D eigenvalue weighted by atomic mass is 35.5. The third-order valence-electron chi connectivity index (χ3n) is 4.32. The zero-order chi connectivity index (χ0) is 19.2. The van der Waals surface area contributed by atoms with Crippen molar-refractivity contribution in [2.75, 3.05) is 33.3 Å². The zero-order valence-corrected chi connectivity index (χ0v) is 15.8. The Morgan fingerprint density at radius 2 is 2.15 bits per heavy atom. The molecule has 1 saturated heterocycles. The largest absolute Gasteiger partial charge is 0.449 e. The molecule has 27 heavy (non-hydrogen) atoms. The minimum absolute atomic E-state index is 0.0946. The van der Waals surface area contributed by atoms with Crippen molar-refractivity contribution in [3.63, 3.8) is 0 Å². The van der Waals surface area contributed by atoms with Gasteiger partial charge in [-0.05, 0) is 30.8 Å². The van der Waals surface area contributed by atoms with E-state index in [2.05, 4.69) is 17.3 Å². The normalized spacial score (nSPS) is 17.6. The van der Waals surface area contributed by atoms with E-state index in [1.165, 1.54) is 6.07 Å². The van der Waals surface area contributed by atoms with Crippen LogP contribution in [0.3, 0.4) is 0 Å². The van der Waals surface area contributed by atoms with Crippen LogP contribution in [0.5, 0.6) is 11.5 Å². The van der Waals surface area contributed by atoms with Crippen LogP contribution in [0, 0.1) is 10.1 Å².